The molecule has 0 radical (unpaired) electrons. The van der Waals surface area contributed by atoms with Gasteiger partial charge in [0.1, 0.15) is 34.3 Å². The van der Waals surface area contributed by atoms with Crippen LogP contribution in [0.5, 0.6) is 6.01 Å². The van der Waals surface area contributed by atoms with Gasteiger partial charge in [-0.2, -0.15) is 20.2 Å². The van der Waals surface area contributed by atoms with Gasteiger partial charge in [-0.15, -0.1) is 11.3 Å². The summed E-state index contributed by atoms with van der Waals surface area (Å²) in [5.74, 6) is 1.41. The molecule has 3 aromatic heterocycles. The van der Waals surface area contributed by atoms with Crippen LogP contribution in [-0.2, 0) is 16.6 Å². The Morgan fingerprint density at radius 1 is 1.20 bits per heavy atom. The van der Waals surface area contributed by atoms with Gasteiger partial charge in [0.15, 0.2) is 0 Å². The van der Waals surface area contributed by atoms with Crippen molar-refractivity contribution in [3.05, 3.63) is 28.0 Å². The van der Waals surface area contributed by atoms with Crippen LogP contribution in [-0.4, -0.2) is 119 Å². The van der Waals surface area contributed by atoms with Gasteiger partial charge in [0.25, 0.3) is 0 Å². The summed E-state index contributed by atoms with van der Waals surface area (Å²) in [4.78, 5) is 41.0. The van der Waals surface area contributed by atoms with E-state index in [0.717, 1.165) is 49.1 Å². The first-order chi connectivity index (χ1) is 23.8. The highest BCUT2D eigenvalue weighted by atomic mass is 32.1. The molecule has 0 bridgehead atoms. The number of carbonyl (C=O) groups is 1. The van der Waals surface area contributed by atoms with Crippen molar-refractivity contribution < 1.29 is 18.8 Å². The second kappa shape index (κ2) is 14.1. The summed E-state index contributed by atoms with van der Waals surface area (Å²) < 4.78 is 18.0. The lowest BCUT2D eigenvalue weighted by Crippen LogP contribution is -2.50. The van der Waals surface area contributed by atoms with Gasteiger partial charge in [0.05, 0.1) is 17.3 Å². The monoisotopic (exact) mass is 704 g/mol. The van der Waals surface area contributed by atoms with Gasteiger partial charge in [0, 0.05) is 62.8 Å². The fraction of sp³-hybridized carbons (Fsp3) is 0.629. The maximum Gasteiger partial charge on any atom is 0.410 e. The third-order valence-electron chi connectivity index (χ3n) is 9.60. The van der Waals surface area contributed by atoms with E-state index in [0.29, 0.717) is 60.0 Å². The Morgan fingerprint density at radius 2 is 1.96 bits per heavy atom. The van der Waals surface area contributed by atoms with Gasteiger partial charge < -0.3 is 28.7 Å². The number of rotatable bonds is 8. The number of ether oxygens (including phenoxy) is 2. The van der Waals surface area contributed by atoms with Gasteiger partial charge in [-0.1, -0.05) is 5.16 Å². The highest BCUT2D eigenvalue weighted by Crippen LogP contribution is 2.50. The molecule has 1 aliphatic carbocycles. The van der Waals surface area contributed by atoms with E-state index in [2.05, 4.69) is 46.9 Å². The Kier molecular flexibility index (Phi) is 10.1. The largest absolute Gasteiger partial charge is 0.459 e. The summed E-state index contributed by atoms with van der Waals surface area (Å²) in [5.41, 5.74) is 0.723. The summed E-state index contributed by atoms with van der Waals surface area (Å²) >= 11 is 1.55. The summed E-state index contributed by atoms with van der Waals surface area (Å²) in [6.07, 6.45) is 5.96. The smallest absolute Gasteiger partial charge is 0.410 e. The lowest BCUT2D eigenvalue weighted by molar-refractivity contribution is 0.0240. The van der Waals surface area contributed by atoms with Crippen molar-refractivity contribution in [1.29, 1.82) is 5.26 Å². The van der Waals surface area contributed by atoms with Crippen molar-refractivity contribution in [1.82, 2.24) is 34.8 Å². The van der Waals surface area contributed by atoms with Gasteiger partial charge in [0.2, 0.25) is 11.7 Å². The normalized spacial score (nSPS) is 22.0. The number of aryl methyl sites for hydroxylation is 1. The molecule has 0 unspecified atom stereocenters. The topological polar surface area (TPSA) is 149 Å². The van der Waals surface area contributed by atoms with Crippen molar-refractivity contribution in [2.24, 2.45) is 4.99 Å². The van der Waals surface area contributed by atoms with Crippen LogP contribution in [0.15, 0.2) is 15.6 Å². The molecule has 2 fully saturated rings. The van der Waals surface area contributed by atoms with Crippen LogP contribution in [0, 0.1) is 11.3 Å². The van der Waals surface area contributed by atoms with Gasteiger partial charge >= 0.3 is 12.1 Å². The number of fused-ring (bicyclic) bond motifs is 1. The molecule has 1 amide bonds. The maximum absolute atomic E-state index is 12.7. The van der Waals surface area contributed by atoms with Crippen LogP contribution >= 0.6 is 11.3 Å². The molecule has 0 saturated carbocycles. The number of amides is 1. The Hall–Kier alpha value is -4.29. The van der Waals surface area contributed by atoms with E-state index in [1.165, 1.54) is 0 Å². The molecule has 5 heterocycles. The SMILES string of the molecule is C[C@H](Oc1nc(-c2noc([C@@]3(C)CCCc4sc(/N=C/N(C)C)c(C#N)c43)n2)cc(N2CCN(C(=O)OC(C)(C)C)CC2)n1)[C@@H]1CCCN1C. The fourth-order valence-corrected chi connectivity index (χ4v) is 8.30. The average molecular weight is 705 g/mol. The lowest BCUT2D eigenvalue weighted by Gasteiger charge is -2.36. The molecule has 2 aliphatic heterocycles. The van der Waals surface area contributed by atoms with E-state index in [9.17, 15) is 10.1 Å². The van der Waals surface area contributed by atoms with Crippen molar-refractivity contribution in [2.45, 2.75) is 89.9 Å². The Bertz CT molecular complexity index is 1770. The number of nitriles is 1. The first-order valence-corrected chi connectivity index (χ1v) is 18.2. The molecule has 268 valence electrons. The van der Waals surface area contributed by atoms with E-state index in [-0.39, 0.29) is 24.2 Å². The molecule has 14 nitrogen and oxygen atoms in total. The van der Waals surface area contributed by atoms with Crippen LogP contribution in [0.1, 0.15) is 82.2 Å². The molecule has 15 heteroatoms. The average Bonchev–Trinajstić information content (AvgIpc) is 3.82. The minimum Gasteiger partial charge on any atom is -0.459 e. The molecule has 6 rings (SSSR count). The molecular formula is C35H48N10O4S. The number of thiophene rings is 1. The van der Waals surface area contributed by atoms with Gasteiger partial charge in [-0.3, -0.25) is 4.90 Å². The molecular weight excluding hydrogens is 657 g/mol. The zero-order valence-electron chi connectivity index (χ0n) is 30.4. The second-order valence-electron chi connectivity index (χ2n) is 14.9. The Labute approximate surface area is 298 Å². The third kappa shape index (κ3) is 7.41. The van der Waals surface area contributed by atoms with Crippen molar-refractivity contribution in [3.8, 4) is 23.6 Å². The van der Waals surface area contributed by atoms with Crippen LogP contribution in [0.3, 0.4) is 0 Å². The van der Waals surface area contributed by atoms with Crippen LogP contribution in [0.4, 0.5) is 15.6 Å². The van der Waals surface area contributed by atoms with Gasteiger partial charge in [-0.05, 0) is 80.3 Å². The van der Waals surface area contributed by atoms with Crippen molar-refractivity contribution in [2.75, 3.05) is 58.8 Å². The Morgan fingerprint density at radius 3 is 2.62 bits per heavy atom. The lowest BCUT2D eigenvalue weighted by atomic mass is 9.72. The highest BCUT2D eigenvalue weighted by Gasteiger charge is 2.43. The summed E-state index contributed by atoms with van der Waals surface area (Å²) in [5, 5.41) is 15.4. The van der Waals surface area contributed by atoms with E-state index in [4.69, 9.17) is 28.9 Å². The molecule has 2 saturated heterocycles. The van der Waals surface area contributed by atoms with E-state index < -0.39 is 11.0 Å². The fourth-order valence-electron chi connectivity index (χ4n) is 7.04. The molecule has 3 aliphatic rings. The van der Waals surface area contributed by atoms with Crippen LogP contribution in [0.25, 0.3) is 11.5 Å². The van der Waals surface area contributed by atoms with E-state index in [1.54, 1.807) is 22.6 Å². The van der Waals surface area contributed by atoms with Crippen LogP contribution < -0.4 is 9.64 Å². The molecule has 50 heavy (non-hydrogen) atoms. The number of hydrogen-bond acceptors (Lipinski definition) is 13. The van der Waals surface area contributed by atoms with E-state index >= 15 is 0 Å². The quantitative estimate of drug-likeness (QED) is 0.223. The maximum atomic E-state index is 12.7. The number of carbonyl (C=O) groups excluding carboxylic acids is 1. The molecule has 0 aromatic carbocycles. The molecule has 0 N–H and O–H groups in total. The standard InChI is InChI=1S/C35H48N10O4S/c1-22(25-11-10-14-43(25)8)47-32-38-24(19-27(39-32)44-15-17-45(18-16-44)33(46)48-34(2,3)4)29-40-31(49-41-29)35(5)13-9-12-26-28(35)23(20-36)30(50-26)37-21-42(6)7/h19,21-22,25H,9-18H2,1-8H3/b37-21+/t22-,25-,35-/m0/s1. The Balaban J connectivity index is 1.31. The third-order valence-corrected chi connectivity index (χ3v) is 10.8. The van der Waals surface area contributed by atoms with Crippen LogP contribution in [0.2, 0.25) is 0 Å². The zero-order chi connectivity index (χ0) is 35.8. The van der Waals surface area contributed by atoms with Crippen molar-refractivity contribution in [3.63, 3.8) is 0 Å². The number of piperazine rings is 1. The molecule has 3 atom stereocenters. The number of aromatic nitrogens is 4. The second-order valence-corrected chi connectivity index (χ2v) is 16.0. The predicted molar refractivity (Wildman–Crippen MR) is 191 cm³/mol. The minimum absolute atomic E-state index is 0.137. The summed E-state index contributed by atoms with van der Waals surface area (Å²) in [7, 11) is 5.92. The molecule has 0 spiro atoms. The van der Waals surface area contributed by atoms with Gasteiger partial charge in [-0.25, -0.2) is 9.79 Å². The number of likely N-dealkylation sites (tertiary alicyclic amines) is 1. The first-order valence-electron chi connectivity index (χ1n) is 17.4. The summed E-state index contributed by atoms with van der Waals surface area (Å²) in [6, 6.07) is 4.77. The first kappa shape index (κ1) is 35.5. The predicted octanol–water partition coefficient (Wildman–Crippen LogP) is 5.24. The zero-order valence-corrected chi connectivity index (χ0v) is 31.2. The number of nitrogens with zero attached hydrogens (tertiary/aromatic N) is 10. The number of likely N-dealkylation sites (N-methyl/N-ethyl adjacent to an activating group) is 1. The highest BCUT2D eigenvalue weighted by molar-refractivity contribution is 7.16. The number of hydrogen-bond donors (Lipinski definition) is 0. The molecule has 3 aromatic rings. The number of aliphatic imine (C=N–C) groups is 1. The minimum atomic E-state index is -0.666. The van der Waals surface area contributed by atoms with E-state index in [1.807, 2.05) is 45.8 Å². The summed E-state index contributed by atoms with van der Waals surface area (Å²) in [6.45, 7) is 12.9. The number of anilines is 1. The van der Waals surface area contributed by atoms with Crippen molar-refractivity contribution >= 4 is 34.6 Å².